The van der Waals surface area contributed by atoms with Crippen LogP contribution in [-0.4, -0.2) is 53.6 Å². The maximum Gasteiger partial charge on any atom is 0.258 e. The zero-order chi connectivity index (χ0) is 15.9. The van der Waals surface area contributed by atoms with Crippen molar-refractivity contribution in [2.24, 2.45) is 0 Å². The number of rotatable bonds is 7. The number of thioether (sulfide) groups is 1. The van der Waals surface area contributed by atoms with Crippen LogP contribution in [0.1, 0.15) is 0 Å². The van der Waals surface area contributed by atoms with Crippen LogP contribution < -0.4 is 14.8 Å². The van der Waals surface area contributed by atoms with Crippen molar-refractivity contribution in [3.63, 3.8) is 0 Å². The van der Waals surface area contributed by atoms with E-state index in [-0.39, 0.29) is 18.4 Å². The molecule has 0 aliphatic carbocycles. The Morgan fingerprint density at radius 3 is 2.91 bits per heavy atom. The molecule has 2 amide bonds. The Bertz CT molecular complexity index is 564. The van der Waals surface area contributed by atoms with Gasteiger partial charge >= 0.3 is 0 Å². The number of carbonyl (C=O) groups is 2. The first kappa shape index (κ1) is 16.6. The van der Waals surface area contributed by atoms with E-state index >= 15 is 0 Å². The summed E-state index contributed by atoms with van der Waals surface area (Å²) in [5.41, 5.74) is 0. The lowest BCUT2D eigenvalue weighted by Crippen LogP contribution is -2.38. The molecule has 0 saturated carbocycles. The number of hydrogen-bond donors (Lipinski definition) is 1. The summed E-state index contributed by atoms with van der Waals surface area (Å²) in [6.45, 7) is 0.628. The van der Waals surface area contributed by atoms with Crippen LogP contribution in [0.3, 0.4) is 0 Å². The molecule has 0 unspecified atom stereocenters. The Labute approximate surface area is 138 Å². The molecule has 1 aromatic carbocycles. The van der Waals surface area contributed by atoms with E-state index in [1.807, 2.05) is 0 Å². The molecule has 6 nitrogen and oxygen atoms in total. The molecule has 118 valence electrons. The number of hydrogen-bond acceptors (Lipinski definition) is 6. The predicted octanol–water partition coefficient (Wildman–Crippen LogP) is 1.05. The van der Waals surface area contributed by atoms with E-state index in [1.54, 1.807) is 31.4 Å². The van der Waals surface area contributed by atoms with E-state index in [0.29, 0.717) is 34.7 Å². The van der Waals surface area contributed by atoms with E-state index < -0.39 is 0 Å². The van der Waals surface area contributed by atoms with Gasteiger partial charge in [-0.1, -0.05) is 30.0 Å². The fourth-order valence-electron chi connectivity index (χ4n) is 1.80. The Kier molecular flexibility index (Phi) is 6.02. The Morgan fingerprint density at radius 2 is 2.23 bits per heavy atom. The first-order valence-corrected chi connectivity index (χ1v) is 8.00. The molecule has 1 fully saturated rings. The summed E-state index contributed by atoms with van der Waals surface area (Å²) in [6, 6.07) is 7.02. The van der Waals surface area contributed by atoms with E-state index in [1.165, 1.54) is 16.7 Å². The van der Waals surface area contributed by atoms with Gasteiger partial charge in [-0.15, -0.1) is 0 Å². The van der Waals surface area contributed by atoms with Crippen LogP contribution in [0.5, 0.6) is 11.5 Å². The zero-order valence-electron chi connectivity index (χ0n) is 12.0. The van der Waals surface area contributed by atoms with E-state index in [9.17, 15) is 9.59 Å². The summed E-state index contributed by atoms with van der Waals surface area (Å²) in [7, 11) is 1.56. The second-order valence-corrected chi connectivity index (χ2v) is 6.03. The molecule has 1 aliphatic rings. The molecule has 0 aromatic heterocycles. The molecular formula is C14H16N2O4S2. The van der Waals surface area contributed by atoms with Crippen LogP contribution in [0.15, 0.2) is 24.3 Å². The summed E-state index contributed by atoms with van der Waals surface area (Å²) in [4.78, 5) is 24.7. The molecule has 22 heavy (non-hydrogen) atoms. The molecule has 1 aliphatic heterocycles. The summed E-state index contributed by atoms with van der Waals surface area (Å²) in [6.07, 6.45) is 0. The molecule has 0 radical (unpaired) electrons. The minimum atomic E-state index is -0.256. The van der Waals surface area contributed by atoms with Gasteiger partial charge in [0.2, 0.25) is 5.91 Å². The van der Waals surface area contributed by atoms with Gasteiger partial charge in [0.25, 0.3) is 5.91 Å². The van der Waals surface area contributed by atoms with Gasteiger partial charge in [0.05, 0.1) is 12.9 Å². The van der Waals surface area contributed by atoms with Gasteiger partial charge in [0.1, 0.15) is 15.8 Å². The van der Waals surface area contributed by atoms with Gasteiger partial charge in [-0.25, -0.2) is 0 Å². The van der Waals surface area contributed by atoms with Crippen molar-refractivity contribution < 1.29 is 19.1 Å². The minimum absolute atomic E-state index is 0.0168. The molecule has 1 heterocycles. The van der Waals surface area contributed by atoms with Gasteiger partial charge in [-0.2, -0.15) is 0 Å². The molecule has 8 heteroatoms. The average Bonchev–Trinajstić information content (AvgIpc) is 2.85. The van der Waals surface area contributed by atoms with Crippen molar-refractivity contribution in [1.29, 1.82) is 0 Å². The third-order valence-corrected chi connectivity index (χ3v) is 4.34. The molecule has 2 rings (SSSR count). The minimum Gasteiger partial charge on any atom is -0.497 e. The number of benzene rings is 1. The molecule has 1 N–H and O–H groups in total. The molecule has 0 atom stereocenters. The van der Waals surface area contributed by atoms with Gasteiger partial charge < -0.3 is 14.8 Å². The number of amides is 2. The topological polar surface area (TPSA) is 67.9 Å². The smallest absolute Gasteiger partial charge is 0.258 e. The van der Waals surface area contributed by atoms with Crippen molar-refractivity contribution in [3.05, 3.63) is 24.3 Å². The highest BCUT2D eigenvalue weighted by Gasteiger charge is 2.25. The van der Waals surface area contributed by atoms with E-state index in [2.05, 4.69) is 5.32 Å². The van der Waals surface area contributed by atoms with Gasteiger partial charge in [-0.05, 0) is 12.1 Å². The van der Waals surface area contributed by atoms with Gasteiger partial charge in [0, 0.05) is 19.2 Å². The highest BCUT2D eigenvalue weighted by atomic mass is 32.2. The normalized spacial score (nSPS) is 14.1. The molecule has 1 aromatic rings. The average molecular weight is 340 g/mol. The fourth-order valence-corrected chi connectivity index (χ4v) is 2.92. The predicted molar refractivity (Wildman–Crippen MR) is 88.3 cm³/mol. The zero-order valence-corrected chi connectivity index (χ0v) is 13.7. The monoisotopic (exact) mass is 340 g/mol. The number of ether oxygens (including phenoxy) is 2. The van der Waals surface area contributed by atoms with Crippen LogP contribution in [-0.2, 0) is 9.59 Å². The Hall–Kier alpha value is -1.80. The van der Waals surface area contributed by atoms with Crippen LogP contribution >= 0.6 is 24.0 Å². The van der Waals surface area contributed by atoms with Crippen molar-refractivity contribution in [3.8, 4) is 11.5 Å². The van der Waals surface area contributed by atoms with Gasteiger partial charge in [0.15, 0.2) is 6.61 Å². The highest BCUT2D eigenvalue weighted by molar-refractivity contribution is 8.23. The third-order valence-electron chi connectivity index (χ3n) is 2.91. The quantitative estimate of drug-likeness (QED) is 0.749. The summed E-state index contributed by atoms with van der Waals surface area (Å²) in [5, 5.41) is 2.69. The first-order chi connectivity index (χ1) is 10.6. The largest absolute Gasteiger partial charge is 0.497 e. The third kappa shape index (κ3) is 4.60. The first-order valence-electron chi connectivity index (χ1n) is 6.61. The lowest BCUT2D eigenvalue weighted by Gasteiger charge is -2.15. The summed E-state index contributed by atoms with van der Waals surface area (Å²) >= 11 is 6.40. The van der Waals surface area contributed by atoms with E-state index in [0.717, 1.165) is 0 Å². The van der Waals surface area contributed by atoms with E-state index in [4.69, 9.17) is 21.7 Å². The summed E-state index contributed by atoms with van der Waals surface area (Å²) in [5.74, 6) is 1.33. The van der Waals surface area contributed by atoms with Crippen molar-refractivity contribution >= 4 is 40.1 Å². The highest BCUT2D eigenvalue weighted by Crippen LogP contribution is 2.19. The molecular weight excluding hydrogens is 324 g/mol. The summed E-state index contributed by atoms with van der Waals surface area (Å²) < 4.78 is 11.0. The lowest BCUT2D eigenvalue weighted by molar-refractivity contribution is -0.125. The number of thiocarbonyl (C=S) groups is 1. The molecule has 0 bridgehead atoms. The van der Waals surface area contributed by atoms with Crippen molar-refractivity contribution in [1.82, 2.24) is 10.2 Å². The van der Waals surface area contributed by atoms with Crippen LogP contribution in [0.25, 0.3) is 0 Å². The standard InChI is InChI=1S/C14H16N2O4S2/c1-19-10-3-2-4-11(7-10)20-8-12(17)15-5-6-16-13(18)9-22-14(16)21/h2-4,7H,5-6,8-9H2,1H3,(H,15,17). The SMILES string of the molecule is COc1cccc(OCC(=O)NCCN2C(=O)CSC2=S)c1. The van der Waals surface area contributed by atoms with Crippen molar-refractivity contribution in [2.75, 3.05) is 32.6 Å². The Balaban J connectivity index is 1.69. The number of carbonyl (C=O) groups excluding carboxylic acids is 2. The van der Waals surface area contributed by atoms with Crippen molar-refractivity contribution in [2.45, 2.75) is 0 Å². The second kappa shape index (κ2) is 8.00. The lowest BCUT2D eigenvalue weighted by atomic mass is 10.3. The second-order valence-electron chi connectivity index (χ2n) is 4.42. The number of methoxy groups -OCH3 is 1. The molecule has 1 saturated heterocycles. The maximum absolute atomic E-state index is 11.7. The van der Waals surface area contributed by atoms with Crippen LogP contribution in [0.2, 0.25) is 0 Å². The van der Waals surface area contributed by atoms with Crippen LogP contribution in [0, 0.1) is 0 Å². The number of nitrogens with zero attached hydrogens (tertiary/aromatic N) is 1. The van der Waals surface area contributed by atoms with Gasteiger partial charge in [-0.3, -0.25) is 14.5 Å². The maximum atomic E-state index is 11.7. The fraction of sp³-hybridized carbons (Fsp3) is 0.357. The Morgan fingerprint density at radius 1 is 1.45 bits per heavy atom. The number of nitrogens with one attached hydrogen (secondary N) is 1. The molecule has 0 spiro atoms. The van der Waals surface area contributed by atoms with Crippen LogP contribution in [0.4, 0.5) is 0 Å².